The molecular weight excluding hydrogens is 334 g/mol. The normalized spacial score (nSPS) is 22.3. The lowest BCUT2D eigenvalue weighted by atomic mass is 9.88. The first-order chi connectivity index (χ1) is 12.2. The summed E-state index contributed by atoms with van der Waals surface area (Å²) < 4.78 is 15.9. The molecule has 1 spiro atoms. The molecule has 1 saturated carbocycles. The topological polar surface area (TPSA) is 69.1 Å². The number of aliphatic imine (C=N–C) groups is 1. The van der Waals surface area contributed by atoms with Crippen LogP contribution in [0.4, 0.5) is 5.69 Å². The third-order valence-electron chi connectivity index (χ3n) is 5.27. The summed E-state index contributed by atoms with van der Waals surface area (Å²) in [6.07, 6.45) is 7.97. The van der Waals surface area contributed by atoms with E-state index >= 15 is 0 Å². The van der Waals surface area contributed by atoms with E-state index in [-0.39, 0.29) is 5.41 Å². The molecule has 1 aromatic rings. The van der Waals surface area contributed by atoms with Gasteiger partial charge in [-0.25, -0.2) is 9.22 Å². The fourth-order valence-electron chi connectivity index (χ4n) is 3.92. The molecule has 1 aromatic carbocycles. The molecule has 1 unspecified atom stereocenters. The Morgan fingerprint density at radius 2 is 2.28 bits per heavy atom. The summed E-state index contributed by atoms with van der Waals surface area (Å²) in [5, 5.41) is 9.79. The smallest absolute Gasteiger partial charge is 0.227 e. The number of rotatable bonds is 3. The van der Waals surface area contributed by atoms with Crippen LogP contribution in [0.25, 0.3) is 0 Å². The zero-order valence-corrected chi connectivity index (χ0v) is 15.4. The van der Waals surface area contributed by atoms with Crippen molar-refractivity contribution < 1.29 is 4.21 Å². The zero-order valence-electron chi connectivity index (χ0n) is 14.6. The predicted octanol–water partition coefficient (Wildman–Crippen LogP) is 2.50. The molecule has 25 heavy (non-hydrogen) atoms. The summed E-state index contributed by atoms with van der Waals surface area (Å²) in [7, 11) is -1.34. The van der Waals surface area contributed by atoms with Gasteiger partial charge < -0.3 is 5.32 Å². The third-order valence-corrected chi connectivity index (χ3v) is 6.32. The fraction of sp³-hybridized carbons (Fsp3) is 0.556. The second-order valence-electron chi connectivity index (χ2n) is 7.04. The highest BCUT2D eigenvalue weighted by molar-refractivity contribution is 7.83. The van der Waals surface area contributed by atoms with Crippen molar-refractivity contribution in [2.45, 2.75) is 43.9 Å². The molecule has 0 aromatic heterocycles. The van der Waals surface area contributed by atoms with Gasteiger partial charge in [-0.15, -0.1) is 0 Å². The molecule has 0 bridgehead atoms. The van der Waals surface area contributed by atoms with Gasteiger partial charge in [-0.1, -0.05) is 12.8 Å². The quantitative estimate of drug-likeness (QED) is 0.644. The Kier molecular flexibility index (Phi) is 4.50. The molecule has 2 N–H and O–H groups in total. The van der Waals surface area contributed by atoms with E-state index in [1.165, 1.54) is 31.2 Å². The number of anilines is 1. The first-order valence-corrected chi connectivity index (χ1v) is 10.3. The van der Waals surface area contributed by atoms with Crippen molar-refractivity contribution >= 4 is 28.8 Å². The van der Waals surface area contributed by atoms with Gasteiger partial charge in [0.15, 0.2) is 11.0 Å². The number of hydrogen-bond acceptors (Lipinski definition) is 4. The molecule has 1 atom stereocenters. The largest absolute Gasteiger partial charge is 0.384 e. The van der Waals surface area contributed by atoms with Crippen LogP contribution in [-0.2, 0) is 17.4 Å². The van der Waals surface area contributed by atoms with Gasteiger partial charge in [0.05, 0.1) is 11.4 Å². The summed E-state index contributed by atoms with van der Waals surface area (Å²) in [5.41, 5.74) is 2.57. The highest BCUT2D eigenvalue weighted by atomic mass is 32.2. The van der Waals surface area contributed by atoms with Gasteiger partial charge in [0.1, 0.15) is 0 Å². The lowest BCUT2D eigenvalue weighted by molar-refractivity contribution is 0.342. The Morgan fingerprint density at radius 3 is 3.08 bits per heavy atom. The SMILES string of the molecule is CCN=C(NS(=O)c1ccc2c(c1)CCN2)N1CC2(C=N1)CCCC2. The molecule has 1 fully saturated rings. The Balaban J connectivity index is 1.48. The molecule has 4 rings (SSSR count). The van der Waals surface area contributed by atoms with Crippen LogP contribution in [0.5, 0.6) is 0 Å². The van der Waals surface area contributed by atoms with Crippen molar-refractivity contribution in [3.8, 4) is 0 Å². The van der Waals surface area contributed by atoms with Crippen LogP contribution in [0.15, 0.2) is 33.2 Å². The van der Waals surface area contributed by atoms with E-state index in [4.69, 9.17) is 0 Å². The number of hydrazone groups is 1. The van der Waals surface area contributed by atoms with E-state index < -0.39 is 11.0 Å². The minimum absolute atomic E-state index is 0.191. The second kappa shape index (κ2) is 6.78. The maximum atomic E-state index is 12.8. The van der Waals surface area contributed by atoms with Crippen molar-refractivity contribution in [1.29, 1.82) is 0 Å². The summed E-state index contributed by atoms with van der Waals surface area (Å²) in [5.74, 6) is 0.611. The molecule has 6 nitrogen and oxygen atoms in total. The van der Waals surface area contributed by atoms with Crippen molar-refractivity contribution in [2.24, 2.45) is 15.5 Å². The van der Waals surface area contributed by atoms with Crippen molar-refractivity contribution in [2.75, 3.05) is 25.0 Å². The lowest BCUT2D eigenvalue weighted by Gasteiger charge is -2.23. The number of nitrogens with zero attached hydrogens (tertiary/aromatic N) is 3. The molecule has 2 heterocycles. The van der Waals surface area contributed by atoms with E-state index in [1.807, 2.05) is 30.1 Å². The van der Waals surface area contributed by atoms with Gasteiger partial charge in [0, 0.05) is 30.4 Å². The molecule has 3 aliphatic rings. The number of nitrogens with one attached hydrogen (secondary N) is 2. The van der Waals surface area contributed by atoms with Crippen LogP contribution in [-0.4, -0.2) is 41.0 Å². The molecule has 2 aliphatic heterocycles. The van der Waals surface area contributed by atoms with Gasteiger partial charge in [0.2, 0.25) is 5.96 Å². The van der Waals surface area contributed by atoms with Crippen LogP contribution in [0.1, 0.15) is 38.2 Å². The Hall–Kier alpha value is -1.89. The van der Waals surface area contributed by atoms with Gasteiger partial charge in [-0.3, -0.25) is 9.71 Å². The monoisotopic (exact) mass is 359 g/mol. The van der Waals surface area contributed by atoms with E-state index in [9.17, 15) is 4.21 Å². The highest BCUT2D eigenvalue weighted by Crippen LogP contribution is 2.40. The third kappa shape index (κ3) is 3.29. The number of fused-ring (bicyclic) bond motifs is 1. The van der Waals surface area contributed by atoms with Gasteiger partial charge in [-0.2, -0.15) is 5.10 Å². The predicted molar refractivity (Wildman–Crippen MR) is 102 cm³/mol. The molecular formula is C18H25N5OS. The average Bonchev–Trinajstić information content (AvgIpc) is 3.36. The van der Waals surface area contributed by atoms with E-state index in [2.05, 4.69) is 26.3 Å². The Morgan fingerprint density at radius 1 is 1.44 bits per heavy atom. The first kappa shape index (κ1) is 16.6. The van der Waals surface area contributed by atoms with Gasteiger partial charge in [0.25, 0.3) is 0 Å². The minimum atomic E-state index is -1.34. The Labute approximate surface area is 151 Å². The molecule has 134 valence electrons. The summed E-state index contributed by atoms with van der Waals surface area (Å²) in [6.45, 7) is 4.40. The van der Waals surface area contributed by atoms with Gasteiger partial charge >= 0.3 is 0 Å². The minimum Gasteiger partial charge on any atom is -0.384 e. The maximum Gasteiger partial charge on any atom is 0.227 e. The first-order valence-electron chi connectivity index (χ1n) is 9.11. The standard InChI is InChI=1S/C18H25N5OS/c1-2-19-17(23-13-18(12-21-23)8-3-4-9-18)22-25(24)15-5-6-16-14(11-15)7-10-20-16/h5-6,11-12,20H,2-4,7-10,13H2,1H3,(H,19,22). The molecule has 1 aliphatic carbocycles. The highest BCUT2D eigenvalue weighted by Gasteiger charge is 2.39. The van der Waals surface area contributed by atoms with Crippen LogP contribution >= 0.6 is 0 Å². The van der Waals surface area contributed by atoms with Crippen LogP contribution in [0.2, 0.25) is 0 Å². The molecule has 7 heteroatoms. The van der Waals surface area contributed by atoms with Crippen molar-refractivity contribution in [1.82, 2.24) is 9.73 Å². The van der Waals surface area contributed by atoms with Crippen molar-refractivity contribution in [3.05, 3.63) is 23.8 Å². The van der Waals surface area contributed by atoms with Crippen LogP contribution < -0.4 is 10.0 Å². The van der Waals surface area contributed by atoms with Crippen LogP contribution in [0.3, 0.4) is 0 Å². The van der Waals surface area contributed by atoms with E-state index in [0.29, 0.717) is 12.5 Å². The number of hydrogen-bond donors (Lipinski definition) is 2. The van der Waals surface area contributed by atoms with Crippen LogP contribution in [0, 0.1) is 5.41 Å². The lowest BCUT2D eigenvalue weighted by Crippen LogP contribution is -2.41. The molecule has 0 saturated heterocycles. The molecule has 0 amide bonds. The Bertz CT molecular complexity index is 739. The van der Waals surface area contributed by atoms with E-state index in [0.717, 1.165) is 30.1 Å². The average molecular weight is 359 g/mol. The number of guanidine groups is 1. The summed E-state index contributed by atoms with van der Waals surface area (Å²) in [6, 6.07) is 5.94. The fourth-order valence-corrected chi connectivity index (χ4v) is 4.82. The zero-order chi connectivity index (χ0) is 17.3. The van der Waals surface area contributed by atoms with E-state index in [1.54, 1.807) is 0 Å². The second-order valence-corrected chi connectivity index (χ2v) is 8.25. The van der Waals surface area contributed by atoms with Crippen molar-refractivity contribution in [3.63, 3.8) is 0 Å². The summed E-state index contributed by atoms with van der Waals surface area (Å²) >= 11 is 0. The van der Waals surface area contributed by atoms with Gasteiger partial charge in [-0.05, 0) is 49.9 Å². The number of benzene rings is 1. The molecule has 0 radical (unpaired) electrons. The maximum absolute atomic E-state index is 12.8. The summed E-state index contributed by atoms with van der Waals surface area (Å²) in [4.78, 5) is 5.29.